The number of nitrogens with zero attached hydrogens (tertiary/aromatic N) is 1. The van der Waals surface area contributed by atoms with E-state index in [-0.39, 0.29) is 11.9 Å². The lowest BCUT2D eigenvalue weighted by atomic mass is 10.1. The van der Waals surface area contributed by atoms with E-state index in [2.05, 4.69) is 6.07 Å². The lowest BCUT2D eigenvalue weighted by Gasteiger charge is -2.15. The number of benzene rings is 2. The first-order valence-corrected chi connectivity index (χ1v) is 6.68. The standard InChI is InChI=1S/C17H17FN2O/c1-11-7-13(9-19)3-4-14(11)10-21-17-6-5-15(18)8-16(17)12(2)20/h3-8,12H,10,20H2,1-2H3/t12-/m1/s1. The summed E-state index contributed by atoms with van der Waals surface area (Å²) in [5.41, 5.74) is 9.06. The van der Waals surface area contributed by atoms with E-state index in [9.17, 15) is 4.39 Å². The molecule has 4 heteroatoms. The topological polar surface area (TPSA) is 59.0 Å². The van der Waals surface area contributed by atoms with Gasteiger partial charge in [-0.3, -0.25) is 0 Å². The zero-order valence-electron chi connectivity index (χ0n) is 12.1. The van der Waals surface area contributed by atoms with Crippen LogP contribution in [-0.4, -0.2) is 0 Å². The SMILES string of the molecule is Cc1cc(C#N)ccc1COc1ccc(F)cc1[C@@H](C)N. The van der Waals surface area contributed by atoms with Crippen LogP contribution in [0.2, 0.25) is 0 Å². The summed E-state index contributed by atoms with van der Waals surface area (Å²) < 4.78 is 19.0. The largest absolute Gasteiger partial charge is 0.489 e. The normalized spacial score (nSPS) is 11.8. The van der Waals surface area contributed by atoms with Gasteiger partial charge in [0.1, 0.15) is 18.2 Å². The third-order valence-electron chi connectivity index (χ3n) is 3.32. The molecule has 0 amide bonds. The van der Waals surface area contributed by atoms with E-state index in [1.165, 1.54) is 12.1 Å². The zero-order valence-corrected chi connectivity index (χ0v) is 12.1. The molecule has 2 rings (SSSR count). The fraction of sp³-hybridized carbons (Fsp3) is 0.235. The van der Waals surface area contributed by atoms with Crippen LogP contribution >= 0.6 is 0 Å². The molecule has 3 nitrogen and oxygen atoms in total. The van der Waals surface area contributed by atoms with Crippen LogP contribution in [-0.2, 0) is 6.61 Å². The summed E-state index contributed by atoms with van der Waals surface area (Å²) in [4.78, 5) is 0. The van der Waals surface area contributed by atoms with Crippen molar-refractivity contribution >= 4 is 0 Å². The summed E-state index contributed by atoms with van der Waals surface area (Å²) in [6, 6.07) is 11.6. The molecule has 1 atom stereocenters. The Hall–Kier alpha value is -2.38. The van der Waals surface area contributed by atoms with Crippen LogP contribution in [0.25, 0.3) is 0 Å². The molecule has 0 fully saturated rings. The molecule has 2 aromatic carbocycles. The van der Waals surface area contributed by atoms with Gasteiger partial charge in [-0.2, -0.15) is 5.26 Å². The number of rotatable bonds is 4. The summed E-state index contributed by atoms with van der Waals surface area (Å²) >= 11 is 0. The molecule has 0 bridgehead atoms. The molecule has 0 aliphatic rings. The van der Waals surface area contributed by atoms with Gasteiger partial charge in [0.25, 0.3) is 0 Å². The summed E-state index contributed by atoms with van der Waals surface area (Å²) in [6.45, 7) is 4.06. The maximum atomic E-state index is 13.3. The van der Waals surface area contributed by atoms with Gasteiger partial charge in [0.05, 0.1) is 11.6 Å². The maximum absolute atomic E-state index is 13.3. The molecule has 0 aliphatic carbocycles. The van der Waals surface area contributed by atoms with Crippen molar-refractivity contribution in [2.45, 2.75) is 26.5 Å². The van der Waals surface area contributed by atoms with Gasteiger partial charge in [0, 0.05) is 11.6 Å². The van der Waals surface area contributed by atoms with Crippen LogP contribution in [0.5, 0.6) is 5.75 Å². The van der Waals surface area contributed by atoms with Crippen molar-refractivity contribution in [3.63, 3.8) is 0 Å². The van der Waals surface area contributed by atoms with E-state index < -0.39 is 0 Å². The lowest BCUT2D eigenvalue weighted by molar-refractivity contribution is 0.300. The van der Waals surface area contributed by atoms with Gasteiger partial charge in [-0.1, -0.05) is 6.07 Å². The van der Waals surface area contributed by atoms with Crippen LogP contribution in [0.1, 0.15) is 35.2 Å². The molecule has 0 saturated carbocycles. The molecule has 0 spiro atoms. The smallest absolute Gasteiger partial charge is 0.124 e. The Balaban J connectivity index is 2.19. The second-order valence-corrected chi connectivity index (χ2v) is 5.01. The Labute approximate surface area is 123 Å². The second-order valence-electron chi connectivity index (χ2n) is 5.01. The van der Waals surface area contributed by atoms with E-state index in [4.69, 9.17) is 15.7 Å². The number of hydrogen-bond donors (Lipinski definition) is 1. The Morgan fingerprint density at radius 1 is 1.29 bits per heavy atom. The van der Waals surface area contributed by atoms with E-state index >= 15 is 0 Å². The zero-order chi connectivity index (χ0) is 15.4. The minimum absolute atomic E-state index is 0.308. The molecule has 0 saturated heterocycles. The molecule has 21 heavy (non-hydrogen) atoms. The third kappa shape index (κ3) is 3.59. The summed E-state index contributed by atoms with van der Waals surface area (Å²) in [5.74, 6) is 0.249. The Kier molecular flexibility index (Phi) is 4.56. The van der Waals surface area contributed by atoms with Crippen molar-refractivity contribution < 1.29 is 9.13 Å². The minimum Gasteiger partial charge on any atom is -0.489 e. The number of ether oxygens (including phenoxy) is 1. The number of nitrogens with two attached hydrogens (primary N) is 1. The molecule has 0 aliphatic heterocycles. The molecule has 0 radical (unpaired) electrons. The van der Waals surface area contributed by atoms with E-state index in [0.717, 1.165) is 11.1 Å². The third-order valence-corrected chi connectivity index (χ3v) is 3.32. The van der Waals surface area contributed by atoms with Crippen LogP contribution in [0.3, 0.4) is 0 Å². The highest BCUT2D eigenvalue weighted by Gasteiger charge is 2.10. The Morgan fingerprint density at radius 3 is 2.67 bits per heavy atom. The van der Waals surface area contributed by atoms with Crippen LogP contribution in [0, 0.1) is 24.1 Å². The number of hydrogen-bond acceptors (Lipinski definition) is 3. The maximum Gasteiger partial charge on any atom is 0.124 e. The molecule has 2 N–H and O–H groups in total. The Bertz CT molecular complexity index is 690. The van der Waals surface area contributed by atoms with Crippen molar-refractivity contribution in [3.05, 3.63) is 64.5 Å². The van der Waals surface area contributed by atoms with E-state index in [1.54, 1.807) is 19.1 Å². The second kappa shape index (κ2) is 6.38. The fourth-order valence-corrected chi connectivity index (χ4v) is 2.09. The van der Waals surface area contributed by atoms with Crippen molar-refractivity contribution in [3.8, 4) is 11.8 Å². The van der Waals surface area contributed by atoms with E-state index in [1.807, 2.05) is 19.1 Å². The van der Waals surface area contributed by atoms with Gasteiger partial charge in [-0.25, -0.2) is 4.39 Å². The first-order valence-electron chi connectivity index (χ1n) is 6.68. The number of aryl methyl sites for hydroxylation is 1. The lowest BCUT2D eigenvalue weighted by Crippen LogP contribution is -2.09. The summed E-state index contributed by atoms with van der Waals surface area (Å²) in [7, 11) is 0. The molecular formula is C17H17FN2O. The Morgan fingerprint density at radius 2 is 2.05 bits per heavy atom. The van der Waals surface area contributed by atoms with Gasteiger partial charge in [-0.05, 0) is 55.3 Å². The van der Waals surface area contributed by atoms with Crippen molar-refractivity contribution in [2.24, 2.45) is 5.73 Å². The number of halogens is 1. The average Bonchev–Trinajstić information content (AvgIpc) is 2.46. The van der Waals surface area contributed by atoms with Crippen LogP contribution in [0.4, 0.5) is 4.39 Å². The van der Waals surface area contributed by atoms with Crippen LogP contribution < -0.4 is 10.5 Å². The molecule has 2 aromatic rings. The molecule has 108 valence electrons. The first kappa shape index (κ1) is 15.0. The minimum atomic E-state index is -0.329. The quantitative estimate of drug-likeness (QED) is 0.933. The summed E-state index contributed by atoms with van der Waals surface area (Å²) in [6.07, 6.45) is 0. The van der Waals surface area contributed by atoms with Gasteiger partial charge in [0.2, 0.25) is 0 Å². The van der Waals surface area contributed by atoms with Gasteiger partial charge >= 0.3 is 0 Å². The van der Waals surface area contributed by atoms with Crippen molar-refractivity contribution in [1.82, 2.24) is 0 Å². The van der Waals surface area contributed by atoms with Crippen molar-refractivity contribution in [2.75, 3.05) is 0 Å². The molecule has 0 heterocycles. The molecular weight excluding hydrogens is 267 g/mol. The summed E-state index contributed by atoms with van der Waals surface area (Å²) in [5, 5.41) is 8.85. The predicted octanol–water partition coefficient (Wildman–Crippen LogP) is 3.60. The van der Waals surface area contributed by atoms with Gasteiger partial charge < -0.3 is 10.5 Å². The van der Waals surface area contributed by atoms with Crippen molar-refractivity contribution in [1.29, 1.82) is 5.26 Å². The highest BCUT2D eigenvalue weighted by atomic mass is 19.1. The van der Waals surface area contributed by atoms with Gasteiger partial charge in [-0.15, -0.1) is 0 Å². The molecule has 0 unspecified atom stereocenters. The van der Waals surface area contributed by atoms with E-state index in [0.29, 0.717) is 23.5 Å². The highest BCUT2D eigenvalue weighted by molar-refractivity contribution is 5.39. The van der Waals surface area contributed by atoms with Gasteiger partial charge in [0.15, 0.2) is 0 Å². The van der Waals surface area contributed by atoms with Crippen LogP contribution in [0.15, 0.2) is 36.4 Å². The number of nitriles is 1. The average molecular weight is 284 g/mol. The fourth-order valence-electron chi connectivity index (χ4n) is 2.09. The molecule has 0 aromatic heterocycles. The monoisotopic (exact) mass is 284 g/mol. The predicted molar refractivity (Wildman–Crippen MR) is 79.2 cm³/mol. The first-order chi connectivity index (χ1) is 10.0. The highest BCUT2D eigenvalue weighted by Crippen LogP contribution is 2.26.